The van der Waals surface area contributed by atoms with E-state index in [9.17, 15) is 10.1 Å². The Morgan fingerprint density at radius 3 is 2.85 bits per heavy atom. The average molecular weight is 184 g/mol. The molecule has 0 fully saturated rings. The molecule has 13 heavy (non-hydrogen) atoms. The first-order valence-electron chi connectivity index (χ1n) is 3.64. The third kappa shape index (κ3) is 1.84. The van der Waals surface area contributed by atoms with E-state index < -0.39 is 4.92 Å². The smallest absolute Gasteiger partial charge is 0.411 e. The maximum Gasteiger partial charge on any atom is 0.433 e. The number of nitro groups is 1. The molecule has 0 amide bonds. The van der Waals surface area contributed by atoms with Crippen molar-refractivity contribution in [3.8, 4) is 0 Å². The third-order valence-corrected chi connectivity index (χ3v) is 1.51. The predicted octanol–water partition coefficient (Wildman–Crippen LogP) is 1.78. The molecule has 0 aromatic carbocycles. The molecule has 0 aliphatic heterocycles. The minimum absolute atomic E-state index is 0.219. The first kappa shape index (κ1) is 9.24. The van der Waals surface area contributed by atoms with Crippen molar-refractivity contribution in [2.24, 2.45) is 5.16 Å². The molecule has 1 aromatic heterocycles. The molecule has 0 radical (unpaired) electrons. The molecular formula is C7H8N2O4. The zero-order valence-corrected chi connectivity index (χ0v) is 6.93. The van der Waals surface area contributed by atoms with Gasteiger partial charge in [-0.1, -0.05) is 12.1 Å². The van der Waals surface area contributed by atoms with Gasteiger partial charge in [0.05, 0.1) is 6.07 Å². The van der Waals surface area contributed by atoms with Crippen molar-refractivity contribution in [1.82, 2.24) is 0 Å². The number of hydrogen-bond acceptors (Lipinski definition) is 5. The zero-order valence-electron chi connectivity index (χ0n) is 6.93. The summed E-state index contributed by atoms with van der Waals surface area (Å²) in [5, 5.41) is 21.7. The van der Waals surface area contributed by atoms with E-state index in [2.05, 4.69) is 5.16 Å². The Morgan fingerprint density at radius 2 is 2.46 bits per heavy atom. The SMILES string of the molecule is CCC(=NO)c1ccc([N+](=O)[O-])o1. The standard InChI is InChI=1S/C7H8N2O4/c1-2-5(8-10)6-3-4-7(13-6)9(11)12/h3-4,10H,2H2,1H3. The van der Waals surface area contributed by atoms with Crippen molar-refractivity contribution < 1.29 is 14.5 Å². The second kappa shape index (κ2) is 3.70. The second-order valence-corrected chi connectivity index (χ2v) is 2.30. The van der Waals surface area contributed by atoms with Crippen molar-refractivity contribution in [3.63, 3.8) is 0 Å². The molecule has 0 atom stereocenters. The molecular weight excluding hydrogens is 176 g/mol. The van der Waals surface area contributed by atoms with Gasteiger partial charge >= 0.3 is 5.88 Å². The molecule has 6 nitrogen and oxygen atoms in total. The molecule has 1 N–H and O–H groups in total. The van der Waals surface area contributed by atoms with E-state index in [-0.39, 0.29) is 17.4 Å². The summed E-state index contributed by atoms with van der Waals surface area (Å²) in [5.74, 6) is -0.138. The van der Waals surface area contributed by atoms with Gasteiger partial charge in [-0.15, -0.1) is 0 Å². The minimum atomic E-state index is -0.645. The average Bonchev–Trinajstić information content (AvgIpc) is 2.56. The Morgan fingerprint density at radius 1 is 1.77 bits per heavy atom. The van der Waals surface area contributed by atoms with Crippen LogP contribution in [0.25, 0.3) is 0 Å². The van der Waals surface area contributed by atoms with Gasteiger partial charge in [0.1, 0.15) is 10.6 Å². The Balaban J connectivity index is 2.97. The highest BCUT2D eigenvalue weighted by molar-refractivity contribution is 5.97. The summed E-state index contributed by atoms with van der Waals surface area (Å²) in [6, 6.07) is 2.62. The van der Waals surface area contributed by atoms with Crippen molar-refractivity contribution >= 4 is 11.6 Å². The fourth-order valence-corrected chi connectivity index (χ4v) is 0.875. The van der Waals surface area contributed by atoms with Crippen LogP contribution in [0.4, 0.5) is 5.88 Å². The maximum atomic E-state index is 10.2. The third-order valence-electron chi connectivity index (χ3n) is 1.51. The molecule has 1 rings (SSSR count). The van der Waals surface area contributed by atoms with Gasteiger partial charge in [-0.3, -0.25) is 10.1 Å². The lowest BCUT2D eigenvalue weighted by molar-refractivity contribution is -0.402. The lowest BCUT2D eigenvalue weighted by Gasteiger charge is -1.92. The van der Waals surface area contributed by atoms with Gasteiger partial charge < -0.3 is 9.62 Å². The number of hydrogen-bond donors (Lipinski definition) is 1. The highest BCUT2D eigenvalue weighted by Gasteiger charge is 2.14. The Kier molecular flexibility index (Phi) is 2.63. The first-order chi connectivity index (χ1) is 6.19. The second-order valence-electron chi connectivity index (χ2n) is 2.30. The van der Waals surface area contributed by atoms with Crippen LogP contribution < -0.4 is 0 Å². The lowest BCUT2D eigenvalue weighted by atomic mass is 10.2. The summed E-state index contributed by atoms with van der Waals surface area (Å²) < 4.78 is 4.80. The van der Waals surface area contributed by atoms with Crippen LogP contribution in [0.15, 0.2) is 21.7 Å². The van der Waals surface area contributed by atoms with Gasteiger partial charge in [-0.25, -0.2) is 0 Å². The fraction of sp³-hybridized carbons (Fsp3) is 0.286. The highest BCUT2D eigenvalue weighted by atomic mass is 16.6. The number of oxime groups is 1. The summed E-state index contributed by atoms with van der Waals surface area (Å²) in [5.41, 5.74) is 0.285. The quantitative estimate of drug-likeness (QED) is 0.335. The Hall–Kier alpha value is -1.85. The van der Waals surface area contributed by atoms with Gasteiger partial charge in [0, 0.05) is 0 Å². The Labute approximate surface area is 73.6 Å². The summed E-state index contributed by atoms with van der Waals surface area (Å²) in [6.45, 7) is 1.75. The van der Waals surface area contributed by atoms with Crippen LogP contribution in [0.3, 0.4) is 0 Å². The molecule has 1 aromatic rings. The highest BCUT2D eigenvalue weighted by Crippen LogP contribution is 2.17. The van der Waals surface area contributed by atoms with Crippen molar-refractivity contribution in [2.75, 3.05) is 0 Å². The number of furan rings is 1. The zero-order chi connectivity index (χ0) is 9.84. The van der Waals surface area contributed by atoms with Gasteiger partial charge in [0.15, 0.2) is 5.76 Å². The molecule has 0 spiro atoms. The van der Waals surface area contributed by atoms with Crippen molar-refractivity contribution in [2.45, 2.75) is 13.3 Å². The number of rotatable bonds is 3. The van der Waals surface area contributed by atoms with E-state index in [0.29, 0.717) is 6.42 Å². The largest absolute Gasteiger partial charge is 0.433 e. The lowest BCUT2D eigenvalue weighted by Crippen LogP contribution is -1.96. The van der Waals surface area contributed by atoms with Gasteiger partial charge in [-0.2, -0.15) is 0 Å². The summed E-state index contributed by atoms with van der Waals surface area (Å²) >= 11 is 0. The minimum Gasteiger partial charge on any atom is -0.411 e. The maximum absolute atomic E-state index is 10.2. The number of nitrogens with zero attached hydrogens (tertiary/aromatic N) is 2. The van der Waals surface area contributed by atoms with Crippen LogP contribution in [0.1, 0.15) is 19.1 Å². The van der Waals surface area contributed by atoms with Crippen molar-refractivity contribution in [1.29, 1.82) is 0 Å². The monoisotopic (exact) mass is 184 g/mol. The molecule has 0 aliphatic carbocycles. The van der Waals surface area contributed by atoms with Crippen LogP contribution in [-0.2, 0) is 0 Å². The van der Waals surface area contributed by atoms with E-state index in [1.807, 2.05) is 0 Å². The molecule has 0 saturated heterocycles. The van der Waals surface area contributed by atoms with E-state index in [4.69, 9.17) is 9.62 Å². The molecule has 0 unspecified atom stereocenters. The predicted molar refractivity (Wildman–Crippen MR) is 44.0 cm³/mol. The van der Waals surface area contributed by atoms with Crippen LogP contribution >= 0.6 is 0 Å². The molecule has 6 heteroatoms. The van der Waals surface area contributed by atoms with E-state index in [1.54, 1.807) is 6.92 Å². The van der Waals surface area contributed by atoms with Gasteiger partial charge in [0.25, 0.3) is 0 Å². The van der Waals surface area contributed by atoms with Gasteiger partial charge in [-0.05, 0) is 12.5 Å². The van der Waals surface area contributed by atoms with E-state index in [0.717, 1.165) is 0 Å². The van der Waals surface area contributed by atoms with Crippen LogP contribution in [0, 0.1) is 10.1 Å². The topological polar surface area (TPSA) is 88.9 Å². The van der Waals surface area contributed by atoms with Crippen LogP contribution in [0.2, 0.25) is 0 Å². The molecule has 0 saturated carbocycles. The van der Waals surface area contributed by atoms with E-state index >= 15 is 0 Å². The fourth-order valence-electron chi connectivity index (χ4n) is 0.875. The van der Waals surface area contributed by atoms with Crippen LogP contribution in [-0.4, -0.2) is 15.8 Å². The molecule has 0 aliphatic rings. The first-order valence-corrected chi connectivity index (χ1v) is 3.64. The Bertz CT molecular complexity index is 342. The normalized spacial score (nSPS) is 11.6. The van der Waals surface area contributed by atoms with Crippen LogP contribution in [0.5, 0.6) is 0 Å². The molecule has 70 valence electrons. The van der Waals surface area contributed by atoms with E-state index in [1.165, 1.54) is 12.1 Å². The summed E-state index contributed by atoms with van der Waals surface area (Å²) in [6.07, 6.45) is 0.446. The summed E-state index contributed by atoms with van der Waals surface area (Å²) in [7, 11) is 0. The molecule has 1 heterocycles. The van der Waals surface area contributed by atoms with Gasteiger partial charge in [0.2, 0.25) is 0 Å². The summed E-state index contributed by atoms with van der Waals surface area (Å²) in [4.78, 5) is 9.58. The molecule has 0 bridgehead atoms. The van der Waals surface area contributed by atoms with Crippen molar-refractivity contribution in [3.05, 3.63) is 28.0 Å².